The molecule has 11 rings (SSSR count). The van der Waals surface area contributed by atoms with E-state index in [1.54, 1.807) is 0 Å². The van der Waals surface area contributed by atoms with Crippen LogP contribution in [0.1, 0.15) is 117 Å². The van der Waals surface area contributed by atoms with E-state index < -0.39 is 30.5 Å². The third kappa shape index (κ3) is 8.01. The zero-order valence-corrected chi connectivity index (χ0v) is 40.8. The molecule has 5 aliphatic rings. The number of hydrogen-bond donors (Lipinski definition) is 4. The van der Waals surface area contributed by atoms with E-state index in [2.05, 4.69) is 80.6 Å². The van der Waals surface area contributed by atoms with Gasteiger partial charge in [-0.15, -0.1) is 11.3 Å². The number of aromatic amines is 2. The zero-order valence-electron chi connectivity index (χ0n) is 40.0. The van der Waals surface area contributed by atoms with Crippen LogP contribution in [0.3, 0.4) is 0 Å². The summed E-state index contributed by atoms with van der Waals surface area (Å²) in [6.45, 7) is 10.4. The number of amides is 4. The van der Waals surface area contributed by atoms with Crippen molar-refractivity contribution >= 4 is 46.2 Å². The van der Waals surface area contributed by atoms with Crippen LogP contribution in [-0.4, -0.2) is 97.2 Å². The van der Waals surface area contributed by atoms with E-state index in [0.29, 0.717) is 24.2 Å². The fraction of sp³-hybridized carbons (Fsp3) is 0.462. The first-order chi connectivity index (χ1) is 33.3. The normalized spacial score (nSPS) is 22.2. The lowest BCUT2D eigenvalue weighted by atomic mass is 9.98. The fourth-order valence-electron chi connectivity index (χ4n) is 11.0. The summed E-state index contributed by atoms with van der Waals surface area (Å²) in [6.07, 6.45) is 7.85. The Kier molecular flexibility index (Phi) is 11.3. The Bertz CT molecular complexity index is 3000. The number of rotatable bonds is 12. The second-order valence-electron chi connectivity index (χ2n) is 20.2. The zero-order chi connectivity index (χ0) is 48.0. The lowest BCUT2D eigenvalue weighted by molar-refractivity contribution is -0.137. The van der Waals surface area contributed by atoms with Gasteiger partial charge in [0, 0.05) is 39.5 Å². The van der Waals surface area contributed by atoms with Crippen LogP contribution in [0.2, 0.25) is 0 Å². The van der Waals surface area contributed by atoms with Gasteiger partial charge in [-0.05, 0) is 117 Å². The highest BCUT2D eigenvalue weighted by molar-refractivity contribution is 7.12. The Balaban J connectivity index is 0.908. The van der Waals surface area contributed by atoms with Crippen LogP contribution in [0.15, 0.2) is 60.9 Å². The molecule has 0 radical (unpaired) electrons. The van der Waals surface area contributed by atoms with E-state index >= 15 is 0 Å². The lowest BCUT2D eigenvalue weighted by Crippen LogP contribution is -2.52. The van der Waals surface area contributed by atoms with Crippen molar-refractivity contribution in [1.29, 1.82) is 0 Å². The monoisotopic (exact) mass is 953 g/mol. The van der Waals surface area contributed by atoms with Crippen molar-refractivity contribution in [3.05, 3.63) is 87.9 Å². The molecule has 2 saturated heterocycles. The highest BCUT2D eigenvalue weighted by Gasteiger charge is 2.56. The minimum absolute atomic E-state index is 0.107. The first-order valence-electron chi connectivity index (χ1n) is 24.3. The van der Waals surface area contributed by atoms with Crippen molar-refractivity contribution in [2.45, 2.75) is 115 Å². The Morgan fingerprint density at radius 1 is 0.783 bits per heavy atom. The Labute approximate surface area is 404 Å². The summed E-state index contributed by atoms with van der Waals surface area (Å²) in [6, 6.07) is 15.7. The number of piperidine rings is 1. The molecular formula is C52H59N9O7S. The van der Waals surface area contributed by atoms with Gasteiger partial charge in [-0.1, -0.05) is 33.8 Å². The van der Waals surface area contributed by atoms with Crippen LogP contribution in [0, 0.1) is 24.7 Å². The van der Waals surface area contributed by atoms with Gasteiger partial charge in [0.15, 0.2) is 0 Å². The minimum Gasteiger partial charge on any atom is -0.464 e. The van der Waals surface area contributed by atoms with Crippen molar-refractivity contribution < 1.29 is 33.4 Å². The maximum atomic E-state index is 14.1. The molecule has 4 aromatic heterocycles. The molecule has 0 spiro atoms. The number of thiophene rings is 1. The van der Waals surface area contributed by atoms with E-state index in [1.165, 1.54) is 31.9 Å². The van der Waals surface area contributed by atoms with Crippen molar-refractivity contribution in [2.75, 3.05) is 20.8 Å². The van der Waals surface area contributed by atoms with Gasteiger partial charge in [0.05, 0.1) is 66.2 Å². The number of alkyl carbamates (subject to hydrolysis) is 2. The molecule has 1 unspecified atom stereocenters. The molecule has 0 bridgehead atoms. The maximum absolute atomic E-state index is 14.1. The first-order valence-corrected chi connectivity index (χ1v) is 25.1. The minimum atomic E-state index is -0.718. The van der Waals surface area contributed by atoms with Crippen molar-refractivity contribution in [3.63, 3.8) is 0 Å². The molecule has 6 aromatic rings. The van der Waals surface area contributed by atoms with Crippen LogP contribution in [-0.2, 0) is 19.1 Å². The number of H-pyrrole nitrogens is 2. The van der Waals surface area contributed by atoms with Gasteiger partial charge in [-0.2, -0.15) is 0 Å². The molecule has 16 nitrogen and oxygen atoms in total. The van der Waals surface area contributed by atoms with Gasteiger partial charge >= 0.3 is 12.2 Å². The number of aryl methyl sites for hydroxylation is 1. The van der Waals surface area contributed by atoms with Crippen molar-refractivity contribution in [1.82, 2.24) is 44.9 Å². The third-order valence-corrected chi connectivity index (χ3v) is 16.1. The molecule has 4 N–H and O–H groups in total. The average molecular weight is 954 g/mol. The number of nitrogens with one attached hydrogen (secondary N) is 4. The van der Waals surface area contributed by atoms with Gasteiger partial charge in [-0.25, -0.2) is 19.6 Å². The smallest absolute Gasteiger partial charge is 0.407 e. The van der Waals surface area contributed by atoms with Crippen LogP contribution in [0.4, 0.5) is 9.59 Å². The van der Waals surface area contributed by atoms with Gasteiger partial charge in [0.25, 0.3) is 0 Å². The number of methoxy groups -OCH3 is 2. The highest BCUT2D eigenvalue weighted by atomic mass is 32.1. The van der Waals surface area contributed by atoms with E-state index in [0.717, 1.165) is 92.4 Å². The molecule has 7 heterocycles. The second kappa shape index (κ2) is 17.4. The lowest BCUT2D eigenvalue weighted by Gasteiger charge is -2.31. The quantitative estimate of drug-likeness (QED) is 0.0927. The number of ether oxygens (including phenoxy) is 3. The molecule has 4 amide bonds. The predicted octanol–water partition coefficient (Wildman–Crippen LogP) is 9.36. The van der Waals surface area contributed by atoms with Crippen molar-refractivity contribution in [2.24, 2.45) is 17.8 Å². The molecule has 360 valence electrons. The fourth-order valence-corrected chi connectivity index (χ4v) is 12.2. The van der Waals surface area contributed by atoms with Gasteiger partial charge in [0.2, 0.25) is 18.0 Å². The SMILES string of the molecule is COC(=O)N[C@H](C(=O)N1CCC[C@H]1c1ncc(-c2cc(C)c3c(c2)OC(c2ccc(C4CC4)s2)n2c-3cc3cc(-c4cnc([C@@H]5C[C@H]6C[C@H]6N5C(=O)[C@@H](NC(=O)OC)C(C)C)[nH]4)ccc32)[nH]1)C(C)C. The first kappa shape index (κ1) is 44.9. The van der Waals surface area contributed by atoms with Gasteiger partial charge in [-0.3, -0.25) is 14.2 Å². The topological polar surface area (TPSA) is 189 Å². The number of imidazole rings is 2. The number of hydrogen-bond acceptors (Lipinski definition) is 10. The molecule has 2 saturated carbocycles. The largest absolute Gasteiger partial charge is 0.464 e. The Hall–Kier alpha value is -6.62. The number of aromatic nitrogens is 5. The molecule has 2 aromatic carbocycles. The summed E-state index contributed by atoms with van der Waals surface area (Å²) < 4.78 is 19.2. The van der Waals surface area contributed by atoms with Crippen LogP contribution >= 0.6 is 11.3 Å². The molecule has 4 fully saturated rings. The average Bonchev–Trinajstić information content (AvgIpc) is 3.81. The molecule has 17 heteroatoms. The molecule has 69 heavy (non-hydrogen) atoms. The second-order valence-corrected chi connectivity index (χ2v) is 21.3. The van der Waals surface area contributed by atoms with Crippen LogP contribution < -0.4 is 15.4 Å². The van der Waals surface area contributed by atoms with E-state index in [4.69, 9.17) is 24.2 Å². The van der Waals surface area contributed by atoms with Crippen molar-refractivity contribution in [3.8, 4) is 39.5 Å². The van der Waals surface area contributed by atoms with Crippen LogP contribution in [0.5, 0.6) is 5.75 Å². The van der Waals surface area contributed by atoms with E-state index in [1.807, 2.05) is 61.2 Å². The number of carbonyl (C=O) groups is 4. The number of carbonyl (C=O) groups excluding carboxylic acids is 4. The standard InChI is InChI=1S/C52H59N9O7S/c1-25(2)44(57-51(64)66-6)48(62)59-16-8-9-36(59)46-53-24-34(56-46)30-17-27(5)43-38-20-31-18-29(12-13-35(31)61(38)50(68-40(43)22-30)42-15-14-41(69-42)28-10-11-28)33-23-54-47(55-33)39-21-32-19-37(32)60(39)49(63)45(26(3)4)58-52(65)67-7/h12-15,17-18,20,22-26,28,32,36-37,39,44-45,50H,8-11,16,19,21H2,1-7H3,(H,53,56)(H,54,55)(H,57,64)(H,58,65)/t32-,36+,37-,39+,44+,45+,50?/m1/s1. The van der Waals surface area contributed by atoms with Gasteiger partial charge < -0.3 is 44.6 Å². The Morgan fingerprint density at radius 3 is 2.13 bits per heavy atom. The molecule has 2 aliphatic carbocycles. The summed E-state index contributed by atoms with van der Waals surface area (Å²) in [5.74, 6) is 2.75. The molecular weight excluding hydrogens is 895 g/mol. The Morgan fingerprint density at radius 2 is 1.45 bits per heavy atom. The van der Waals surface area contributed by atoms with E-state index in [9.17, 15) is 19.2 Å². The summed E-state index contributed by atoms with van der Waals surface area (Å²) in [5.41, 5.74) is 7.77. The number of likely N-dealkylation sites (tertiary alicyclic amines) is 2. The van der Waals surface area contributed by atoms with Gasteiger partial charge in [0.1, 0.15) is 29.5 Å². The summed E-state index contributed by atoms with van der Waals surface area (Å²) >= 11 is 1.83. The number of benzene rings is 2. The third-order valence-electron chi connectivity index (χ3n) is 14.9. The number of nitrogens with zero attached hydrogens (tertiary/aromatic N) is 5. The highest BCUT2D eigenvalue weighted by Crippen LogP contribution is 2.54. The van der Waals surface area contributed by atoms with Crippen LogP contribution in [0.25, 0.3) is 44.7 Å². The van der Waals surface area contributed by atoms with E-state index in [-0.39, 0.29) is 41.8 Å². The summed E-state index contributed by atoms with van der Waals surface area (Å²) in [5, 5.41) is 6.57. The maximum Gasteiger partial charge on any atom is 0.407 e. The molecule has 7 atom stereocenters. The molecule has 3 aliphatic heterocycles. The number of fused-ring (bicyclic) bond motifs is 6. The predicted molar refractivity (Wildman–Crippen MR) is 260 cm³/mol. The summed E-state index contributed by atoms with van der Waals surface area (Å²) in [7, 11) is 2.61. The summed E-state index contributed by atoms with van der Waals surface area (Å²) in [4.78, 5) is 75.5.